The molecule has 0 fully saturated rings. The second kappa shape index (κ2) is 70.4. The van der Waals surface area contributed by atoms with Crippen molar-refractivity contribution < 1.29 is 28.6 Å². The molecule has 0 aliphatic heterocycles. The van der Waals surface area contributed by atoms with E-state index < -0.39 is 6.10 Å². The average Bonchev–Trinajstić information content (AvgIpc) is 3.47. The molecule has 0 rings (SSSR count). The monoisotopic (exact) mass is 1140 g/mol. The fourth-order valence-electron chi connectivity index (χ4n) is 11.4. The van der Waals surface area contributed by atoms with Gasteiger partial charge in [0.2, 0.25) is 0 Å². The molecule has 1 unspecified atom stereocenters. The lowest BCUT2D eigenvalue weighted by Gasteiger charge is -2.18. The zero-order valence-corrected chi connectivity index (χ0v) is 55.1. The molecular formula is C75H142O6. The lowest BCUT2D eigenvalue weighted by molar-refractivity contribution is -0.167. The third kappa shape index (κ3) is 68.6. The standard InChI is InChI=1S/C75H142O6/c1-4-7-10-13-16-19-22-24-26-28-29-30-31-32-33-34-35-36-37-38-39-40-41-42-43-44-45-47-48-50-53-56-59-62-65-68-74(77)80-71-72(70-79-73(76)67-64-61-58-55-52-21-18-15-12-9-6-3)81-75(78)69-66-63-60-57-54-51-49-46-27-25-23-20-17-14-11-8-5-2/h25,27-29,72H,4-24,26,30-71H2,1-3H3/b27-25-,29-28-. The number of allylic oxidation sites excluding steroid dienone is 4. The van der Waals surface area contributed by atoms with Gasteiger partial charge in [-0.15, -0.1) is 0 Å². The maximum absolute atomic E-state index is 12.9. The maximum Gasteiger partial charge on any atom is 0.306 e. The quantitative estimate of drug-likeness (QED) is 0.0261. The van der Waals surface area contributed by atoms with Crippen LogP contribution < -0.4 is 0 Å². The van der Waals surface area contributed by atoms with Crippen molar-refractivity contribution in [3.63, 3.8) is 0 Å². The molecule has 0 amide bonds. The van der Waals surface area contributed by atoms with E-state index in [9.17, 15) is 14.4 Å². The molecule has 0 aliphatic carbocycles. The summed E-state index contributed by atoms with van der Waals surface area (Å²) in [6.07, 6.45) is 86.7. The summed E-state index contributed by atoms with van der Waals surface area (Å²) in [4.78, 5) is 38.3. The Labute approximate surface area is 506 Å². The average molecular weight is 1140 g/mol. The summed E-state index contributed by atoms with van der Waals surface area (Å²) in [7, 11) is 0. The van der Waals surface area contributed by atoms with E-state index in [-0.39, 0.29) is 31.1 Å². The molecule has 0 aromatic carbocycles. The van der Waals surface area contributed by atoms with Gasteiger partial charge in [0.1, 0.15) is 13.2 Å². The van der Waals surface area contributed by atoms with Gasteiger partial charge in [0.05, 0.1) is 0 Å². The first-order valence-electron chi connectivity index (χ1n) is 36.8. The molecule has 0 heterocycles. The van der Waals surface area contributed by atoms with Crippen molar-refractivity contribution in [2.45, 2.75) is 425 Å². The lowest BCUT2D eigenvalue weighted by Crippen LogP contribution is -2.30. The summed E-state index contributed by atoms with van der Waals surface area (Å²) in [6, 6.07) is 0. The molecule has 0 saturated carbocycles. The van der Waals surface area contributed by atoms with Crippen LogP contribution in [0.25, 0.3) is 0 Å². The van der Waals surface area contributed by atoms with Crippen molar-refractivity contribution in [3.8, 4) is 0 Å². The van der Waals surface area contributed by atoms with Crippen LogP contribution in [0.5, 0.6) is 0 Å². The van der Waals surface area contributed by atoms with Crippen LogP contribution in [-0.4, -0.2) is 37.2 Å². The summed E-state index contributed by atoms with van der Waals surface area (Å²) >= 11 is 0. The molecule has 1 atom stereocenters. The highest BCUT2D eigenvalue weighted by Gasteiger charge is 2.20. The SMILES string of the molecule is CCCCCCCC/C=C\CCCCCCCCCC(=O)OC(COC(=O)CCCCCCCCCCCCC)COC(=O)CCCCCCCCCCCCCCCCCCCCCCCCC/C=C\CCCCCCCCCC. The van der Waals surface area contributed by atoms with E-state index in [1.165, 1.54) is 321 Å². The summed E-state index contributed by atoms with van der Waals surface area (Å²) in [5, 5.41) is 0. The zero-order chi connectivity index (χ0) is 58.5. The number of ether oxygens (including phenoxy) is 3. The van der Waals surface area contributed by atoms with Gasteiger partial charge in [-0.2, -0.15) is 0 Å². The number of carbonyl (C=O) groups is 3. The van der Waals surface area contributed by atoms with E-state index in [1.54, 1.807) is 0 Å². The Morgan fingerprint density at radius 1 is 0.235 bits per heavy atom. The first-order valence-corrected chi connectivity index (χ1v) is 36.8. The third-order valence-corrected chi connectivity index (χ3v) is 16.9. The highest BCUT2D eigenvalue weighted by atomic mass is 16.6. The molecule has 0 spiro atoms. The van der Waals surface area contributed by atoms with E-state index in [4.69, 9.17) is 14.2 Å². The molecule has 0 radical (unpaired) electrons. The van der Waals surface area contributed by atoms with Gasteiger partial charge in [-0.25, -0.2) is 0 Å². The minimum Gasteiger partial charge on any atom is -0.462 e. The Balaban J connectivity index is 4.02. The number of carbonyl (C=O) groups excluding carboxylic acids is 3. The largest absolute Gasteiger partial charge is 0.462 e. The minimum atomic E-state index is -0.769. The second-order valence-corrected chi connectivity index (χ2v) is 25.2. The van der Waals surface area contributed by atoms with Crippen molar-refractivity contribution >= 4 is 17.9 Å². The van der Waals surface area contributed by atoms with Crippen LogP contribution in [0, 0.1) is 0 Å². The van der Waals surface area contributed by atoms with Crippen LogP contribution in [0.2, 0.25) is 0 Å². The fraction of sp³-hybridized carbons (Fsp3) is 0.907. The van der Waals surface area contributed by atoms with Gasteiger partial charge >= 0.3 is 17.9 Å². The fourth-order valence-corrected chi connectivity index (χ4v) is 11.4. The van der Waals surface area contributed by atoms with E-state index in [2.05, 4.69) is 45.1 Å². The first kappa shape index (κ1) is 78.9. The van der Waals surface area contributed by atoms with Crippen molar-refractivity contribution in [1.82, 2.24) is 0 Å². The Morgan fingerprint density at radius 3 is 0.617 bits per heavy atom. The topological polar surface area (TPSA) is 78.9 Å². The lowest BCUT2D eigenvalue weighted by atomic mass is 10.0. The highest BCUT2D eigenvalue weighted by Crippen LogP contribution is 2.19. The van der Waals surface area contributed by atoms with E-state index in [0.717, 1.165) is 57.8 Å². The van der Waals surface area contributed by atoms with Crippen LogP contribution >= 0.6 is 0 Å². The van der Waals surface area contributed by atoms with Crippen LogP contribution in [0.3, 0.4) is 0 Å². The van der Waals surface area contributed by atoms with Gasteiger partial charge in [-0.1, -0.05) is 353 Å². The van der Waals surface area contributed by atoms with Crippen molar-refractivity contribution in [3.05, 3.63) is 24.3 Å². The third-order valence-electron chi connectivity index (χ3n) is 16.9. The van der Waals surface area contributed by atoms with Gasteiger partial charge in [0.25, 0.3) is 0 Å². The predicted octanol–water partition coefficient (Wildman–Crippen LogP) is 25.3. The molecule has 6 nitrogen and oxygen atoms in total. The Hall–Kier alpha value is -2.11. The van der Waals surface area contributed by atoms with Gasteiger partial charge in [0, 0.05) is 19.3 Å². The number of hydrogen-bond donors (Lipinski definition) is 0. The molecule has 0 aliphatic rings. The second-order valence-electron chi connectivity index (χ2n) is 25.2. The van der Waals surface area contributed by atoms with Crippen molar-refractivity contribution in [1.29, 1.82) is 0 Å². The molecule has 0 aromatic heterocycles. The normalized spacial score (nSPS) is 12.1. The van der Waals surface area contributed by atoms with E-state index >= 15 is 0 Å². The van der Waals surface area contributed by atoms with Crippen LogP contribution in [0.4, 0.5) is 0 Å². The molecule has 478 valence electrons. The number of hydrogen-bond acceptors (Lipinski definition) is 6. The summed E-state index contributed by atoms with van der Waals surface area (Å²) in [5.74, 6) is -0.841. The van der Waals surface area contributed by atoms with Gasteiger partial charge < -0.3 is 14.2 Å². The molecule has 0 aromatic rings. The predicted molar refractivity (Wildman–Crippen MR) is 353 cm³/mol. The van der Waals surface area contributed by atoms with E-state index in [1.807, 2.05) is 0 Å². The van der Waals surface area contributed by atoms with Crippen LogP contribution in [-0.2, 0) is 28.6 Å². The summed E-state index contributed by atoms with van der Waals surface area (Å²) < 4.78 is 17.0. The summed E-state index contributed by atoms with van der Waals surface area (Å²) in [5.41, 5.74) is 0. The Morgan fingerprint density at radius 2 is 0.407 bits per heavy atom. The first-order chi connectivity index (χ1) is 40.0. The van der Waals surface area contributed by atoms with Gasteiger partial charge in [0.15, 0.2) is 6.10 Å². The zero-order valence-electron chi connectivity index (χ0n) is 55.1. The van der Waals surface area contributed by atoms with Crippen LogP contribution in [0.15, 0.2) is 24.3 Å². The molecule has 0 N–H and O–H groups in total. The molecule has 81 heavy (non-hydrogen) atoms. The Bertz CT molecular complexity index is 1310. The number of rotatable bonds is 69. The number of unbranched alkanes of at least 4 members (excludes halogenated alkanes) is 54. The number of esters is 3. The molecular weight excluding hydrogens is 997 g/mol. The van der Waals surface area contributed by atoms with Crippen molar-refractivity contribution in [2.75, 3.05) is 13.2 Å². The molecule has 6 heteroatoms. The Kier molecular flexibility index (Phi) is 68.5. The molecule has 0 saturated heterocycles. The molecule has 0 bridgehead atoms. The van der Waals surface area contributed by atoms with Crippen LogP contribution in [0.1, 0.15) is 419 Å². The smallest absolute Gasteiger partial charge is 0.306 e. The summed E-state index contributed by atoms with van der Waals surface area (Å²) in [6.45, 7) is 6.70. The minimum absolute atomic E-state index is 0.0664. The maximum atomic E-state index is 12.9. The van der Waals surface area contributed by atoms with E-state index in [0.29, 0.717) is 19.3 Å². The van der Waals surface area contributed by atoms with Gasteiger partial charge in [-0.3, -0.25) is 14.4 Å². The van der Waals surface area contributed by atoms with Crippen molar-refractivity contribution in [2.24, 2.45) is 0 Å². The highest BCUT2D eigenvalue weighted by molar-refractivity contribution is 5.71. The van der Waals surface area contributed by atoms with Gasteiger partial charge in [-0.05, 0) is 70.6 Å².